The molecule has 1 aromatic carbocycles. The molecule has 0 atom stereocenters. The number of hydrogen-bond acceptors (Lipinski definition) is 5. The van der Waals surface area contributed by atoms with Gasteiger partial charge in [-0.3, -0.25) is 0 Å². The molecule has 2 aromatic rings. The van der Waals surface area contributed by atoms with Gasteiger partial charge in [-0.15, -0.1) is 0 Å². The fraction of sp³-hybridized carbons (Fsp3) is 0.412. The van der Waals surface area contributed by atoms with Crippen LogP contribution in [0, 0.1) is 0 Å². The molecule has 3 rings (SSSR count). The first-order valence-electron chi connectivity index (χ1n) is 7.91. The molecule has 24 heavy (non-hydrogen) atoms. The van der Waals surface area contributed by atoms with Crippen LogP contribution in [0.1, 0.15) is 27.4 Å². The fourth-order valence-corrected chi connectivity index (χ4v) is 4.78. The van der Waals surface area contributed by atoms with Crippen LogP contribution in [0.15, 0.2) is 24.3 Å². The van der Waals surface area contributed by atoms with Gasteiger partial charge >= 0.3 is 152 Å². The maximum absolute atomic E-state index is 12.3. The fourth-order valence-electron chi connectivity index (χ4n) is 2.50. The zero-order valence-electron chi connectivity index (χ0n) is 13.5. The molecule has 1 aliphatic heterocycles. The molecule has 0 unspecified atom stereocenters. The van der Waals surface area contributed by atoms with Crippen molar-refractivity contribution in [2.45, 2.75) is 13.3 Å². The van der Waals surface area contributed by atoms with Gasteiger partial charge in [0.15, 0.2) is 0 Å². The Labute approximate surface area is 152 Å². The average Bonchev–Trinajstić information content (AvgIpc) is 3.02. The average molecular weight is 414 g/mol. The van der Waals surface area contributed by atoms with Crippen LogP contribution in [-0.2, 0) is 15.9 Å². The molecule has 0 bridgehead atoms. The molecule has 1 aliphatic rings. The van der Waals surface area contributed by atoms with Crippen LogP contribution in [0.2, 0.25) is 5.02 Å². The van der Waals surface area contributed by atoms with E-state index >= 15 is 0 Å². The van der Waals surface area contributed by atoms with Crippen LogP contribution in [-0.4, -0.2) is 58.4 Å². The Morgan fingerprint density at radius 1 is 1.33 bits per heavy atom. The molecule has 2 heterocycles. The van der Waals surface area contributed by atoms with Crippen molar-refractivity contribution in [2.75, 3.05) is 37.8 Å². The third-order valence-electron chi connectivity index (χ3n) is 3.71. The summed E-state index contributed by atoms with van der Waals surface area (Å²) >= 11 is 5.82. The molecule has 0 amide bonds. The zero-order chi connectivity index (χ0) is 16.9. The molecule has 128 valence electrons. The first-order chi connectivity index (χ1) is 11.7. The molecule has 0 spiro atoms. The van der Waals surface area contributed by atoms with E-state index in [0.717, 1.165) is 33.5 Å². The second-order valence-corrected chi connectivity index (χ2v) is 7.88. The van der Waals surface area contributed by atoms with Crippen molar-refractivity contribution in [3.63, 3.8) is 0 Å². The molecule has 1 fully saturated rings. The molecule has 5 nitrogen and oxygen atoms in total. The van der Waals surface area contributed by atoms with Gasteiger partial charge in [-0.05, 0) is 0 Å². The van der Waals surface area contributed by atoms with Gasteiger partial charge < -0.3 is 0 Å². The number of ether oxygens (including phenoxy) is 2. The molecule has 0 radical (unpaired) electrons. The summed E-state index contributed by atoms with van der Waals surface area (Å²) in [7, 11) is 0. The summed E-state index contributed by atoms with van der Waals surface area (Å²) in [4.78, 5) is 19.3. The predicted molar refractivity (Wildman–Crippen MR) is 94.4 cm³/mol. The van der Waals surface area contributed by atoms with Gasteiger partial charge in [0, 0.05) is 0 Å². The van der Waals surface area contributed by atoms with Crippen LogP contribution in [0.5, 0.6) is 0 Å². The van der Waals surface area contributed by atoms with Crippen molar-refractivity contribution in [3.05, 3.63) is 45.0 Å². The van der Waals surface area contributed by atoms with E-state index in [9.17, 15) is 4.79 Å². The van der Waals surface area contributed by atoms with Crippen molar-refractivity contribution in [1.82, 2.24) is 4.98 Å². The summed E-state index contributed by atoms with van der Waals surface area (Å²) in [6, 6.07) is 7.64. The molecular formula is C17H19ClN2O3Se. The number of anilines is 1. The topological polar surface area (TPSA) is 51.7 Å². The van der Waals surface area contributed by atoms with E-state index < -0.39 is 0 Å². The number of nitrogens with zero attached hydrogens (tertiary/aromatic N) is 2. The summed E-state index contributed by atoms with van der Waals surface area (Å²) in [5, 5.41) is 0.700. The Hall–Kier alpha value is -1.33. The number of esters is 1. The number of halogens is 1. The molecular weight excluding hydrogens is 395 g/mol. The Kier molecular flexibility index (Phi) is 5.95. The number of morpholine rings is 1. The summed E-state index contributed by atoms with van der Waals surface area (Å²) in [5.74, 6) is -0.242. The predicted octanol–water partition coefficient (Wildman–Crippen LogP) is 2.40. The minimum absolute atomic E-state index is 0.120. The quantitative estimate of drug-likeness (QED) is 0.556. The summed E-state index contributed by atoms with van der Waals surface area (Å²) in [5.41, 5.74) is 1.90. The van der Waals surface area contributed by atoms with E-state index in [1.54, 1.807) is 0 Å². The molecule has 0 aliphatic carbocycles. The first-order valence-corrected chi connectivity index (χ1v) is 10.0. The Morgan fingerprint density at radius 3 is 2.71 bits per heavy atom. The van der Waals surface area contributed by atoms with Crippen molar-refractivity contribution >= 4 is 36.8 Å². The Bertz CT molecular complexity index is 696. The van der Waals surface area contributed by atoms with E-state index in [4.69, 9.17) is 26.1 Å². The number of benzene rings is 1. The molecule has 7 heteroatoms. The number of aromatic nitrogens is 1. The molecule has 0 N–H and O–H groups in total. The van der Waals surface area contributed by atoms with E-state index in [0.29, 0.717) is 31.3 Å². The van der Waals surface area contributed by atoms with Crippen molar-refractivity contribution in [1.29, 1.82) is 0 Å². The molecule has 1 saturated heterocycles. The van der Waals surface area contributed by atoms with Gasteiger partial charge in [0.2, 0.25) is 0 Å². The van der Waals surface area contributed by atoms with Crippen molar-refractivity contribution < 1.29 is 14.3 Å². The van der Waals surface area contributed by atoms with Crippen molar-refractivity contribution in [2.24, 2.45) is 0 Å². The van der Waals surface area contributed by atoms with Gasteiger partial charge in [-0.1, -0.05) is 0 Å². The van der Waals surface area contributed by atoms with Crippen LogP contribution in [0.3, 0.4) is 0 Å². The summed E-state index contributed by atoms with van der Waals surface area (Å²) in [6.07, 6.45) is 0.612. The second kappa shape index (κ2) is 8.17. The molecule has 0 saturated carbocycles. The van der Waals surface area contributed by atoms with Crippen LogP contribution < -0.4 is 4.90 Å². The zero-order valence-corrected chi connectivity index (χ0v) is 15.9. The van der Waals surface area contributed by atoms with E-state index in [-0.39, 0.29) is 20.5 Å². The van der Waals surface area contributed by atoms with E-state index in [1.807, 2.05) is 31.2 Å². The minimum atomic E-state index is -0.242. The third-order valence-corrected chi connectivity index (χ3v) is 6.35. The number of hydrogen-bond donors (Lipinski definition) is 0. The van der Waals surface area contributed by atoms with Gasteiger partial charge in [0.05, 0.1) is 0 Å². The van der Waals surface area contributed by atoms with Crippen LogP contribution in [0.4, 0.5) is 4.69 Å². The Morgan fingerprint density at radius 2 is 2.04 bits per heavy atom. The third kappa shape index (κ3) is 4.19. The summed E-state index contributed by atoms with van der Waals surface area (Å²) < 4.78 is 12.3. The normalized spacial score (nSPS) is 14.7. The Balaban J connectivity index is 1.87. The standard InChI is InChI=1S/C17H19ClN2O3Se/c1-2-23-16(21)15-14(11-12-3-5-13(18)6-4-12)19-17(24-15)20-7-9-22-10-8-20/h3-6H,2,7-11H2,1H3. The van der Waals surface area contributed by atoms with E-state index in [2.05, 4.69) is 4.90 Å². The maximum atomic E-state index is 12.3. The number of carbonyl (C=O) groups excluding carboxylic acids is 1. The van der Waals surface area contributed by atoms with Crippen molar-refractivity contribution in [3.8, 4) is 0 Å². The monoisotopic (exact) mass is 414 g/mol. The SMILES string of the molecule is CCOC(=O)c1[se]c(N2CCOCC2)nc1Cc1ccc(Cl)cc1. The van der Waals surface area contributed by atoms with Crippen LogP contribution in [0.25, 0.3) is 0 Å². The summed E-state index contributed by atoms with van der Waals surface area (Å²) in [6.45, 7) is 5.26. The molecule has 1 aromatic heterocycles. The van der Waals surface area contributed by atoms with Gasteiger partial charge in [-0.25, -0.2) is 0 Å². The van der Waals surface area contributed by atoms with Gasteiger partial charge in [-0.2, -0.15) is 0 Å². The van der Waals surface area contributed by atoms with E-state index in [1.165, 1.54) is 0 Å². The van der Waals surface area contributed by atoms with Crippen LogP contribution >= 0.6 is 11.6 Å². The first kappa shape index (κ1) is 17.5. The number of carbonyl (C=O) groups is 1. The number of rotatable bonds is 5. The van der Waals surface area contributed by atoms with Gasteiger partial charge in [0.1, 0.15) is 0 Å². The second-order valence-electron chi connectivity index (χ2n) is 5.40. The van der Waals surface area contributed by atoms with Gasteiger partial charge in [0.25, 0.3) is 0 Å².